The van der Waals surface area contributed by atoms with Crippen molar-refractivity contribution < 1.29 is 19.1 Å². The van der Waals surface area contributed by atoms with Crippen LogP contribution in [0.1, 0.15) is 29.2 Å². The summed E-state index contributed by atoms with van der Waals surface area (Å²) in [5, 5.41) is 0. The molecule has 0 N–H and O–H groups in total. The molecular weight excluding hydrogens is 418 g/mol. The van der Waals surface area contributed by atoms with Crippen LogP contribution >= 0.6 is 0 Å². The molecule has 178 valence electrons. The molecule has 2 aromatic rings. The predicted octanol–water partition coefficient (Wildman–Crippen LogP) is 4.24. The third-order valence-corrected chi connectivity index (χ3v) is 6.03. The smallest absolute Gasteiger partial charge is 0.326 e. The highest BCUT2D eigenvalue weighted by molar-refractivity contribution is 5.98. The summed E-state index contributed by atoms with van der Waals surface area (Å²) in [5.74, 6) is 0.115. The van der Waals surface area contributed by atoms with Gasteiger partial charge in [-0.1, -0.05) is 6.07 Å². The second-order valence-corrected chi connectivity index (χ2v) is 8.60. The van der Waals surface area contributed by atoms with E-state index in [0.717, 1.165) is 24.2 Å². The average molecular weight is 454 g/mol. The molecule has 0 atom stereocenters. The Morgan fingerprint density at radius 2 is 1.52 bits per heavy atom. The van der Waals surface area contributed by atoms with Gasteiger partial charge in [0.2, 0.25) is 0 Å². The normalized spacial score (nSPS) is 13.6. The second-order valence-electron chi connectivity index (χ2n) is 8.60. The fraction of sp³-hybridized carbons (Fsp3) is 0.462. The molecule has 0 saturated carbocycles. The van der Waals surface area contributed by atoms with Crippen molar-refractivity contribution in [2.75, 3.05) is 56.2 Å². The van der Waals surface area contributed by atoms with Gasteiger partial charge < -0.3 is 19.3 Å². The summed E-state index contributed by atoms with van der Waals surface area (Å²) in [4.78, 5) is 31.6. The van der Waals surface area contributed by atoms with Crippen LogP contribution in [0.15, 0.2) is 30.3 Å². The molecule has 7 nitrogen and oxygen atoms in total. The van der Waals surface area contributed by atoms with E-state index >= 15 is 0 Å². The lowest BCUT2D eigenvalue weighted by Gasteiger charge is -2.38. The van der Waals surface area contributed by atoms with E-state index in [1.54, 1.807) is 18.9 Å². The molecule has 1 heterocycles. The van der Waals surface area contributed by atoms with Gasteiger partial charge in [0.05, 0.1) is 19.4 Å². The number of piperazine rings is 1. The number of methoxy groups -OCH3 is 1. The van der Waals surface area contributed by atoms with E-state index < -0.39 is 5.97 Å². The van der Waals surface area contributed by atoms with Crippen LogP contribution in [0, 0.1) is 27.7 Å². The van der Waals surface area contributed by atoms with Crippen molar-refractivity contribution in [1.82, 2.24) is 4.90 Å². The van der Waals surface area contributed by atoms with Crippen molar-refractivity contribution in [3.8, 4) is 5.75 Å². The maximum absolute atomic E-state index is 13.6. The molecule has 0 bridgehead atoms. The minimum absolute atomic E-state index is 0.164. The molecule has 33 heavy (non-hydrogen) atoms. The standard InChI is InChI=1S/C26H35N3O4/c1-7-33-25(30)17-29(23-15-20(4)21(5)16-24(23)32-6)26(31)28-10-8-27(9-11-28)22-13-18(2)12-19(3)14-22/h12-16H,7-11,17H2,1-6H3. The molecule has 1 fully saturated rings. The van der Waals surface area contributed by atoms with Crippen LogP contribution in [0.25, 0.3) is 0 Å². The number of nitrogens with zero attached hydrogens (tertiary/aromatic N) is 3. The molecule has 0 radical (unpaired) electrons. The summed E-state index contributed by atoms with van der Waals surface area (Å²) < 4.78 is 10.7. The van der Waals surface area contributed by atoms with Crippen LogP contribution in [0.5, 0.6) is 5.75 Å². The first-order valence-electron chi connectivity index (χ1n) is 11.4. The minimum atomic E-state index is -0.444. The first kappa shape index (κ1) is 24.4. The number of amides is 2. The molecular formula is C26H35N3O4. The van der Waals surface area contributed by atoms with Gasteiger partial charge in [-0.3, -0.25) is 9.69 Å². The summed E-state index contributed by atoms with van der Waals surface area (Å²) in [6.45, 7) is 12.6. The topological polar surface area (TPSA) is 62.3 Å². The van der Waals surface area contributed by atoms with Crippen molar-refractivity contribution in [2.24, 2.45) is 0 Å². The SMILES string of the molecule is CCOC(=O)CN(C(=O)N1CCN(c2cc(C)cc(C)c2)CC1)c1cc(C)c(C)cc1OC. The molecule has 0 spiro atoms. The monoisotopic (exact) mass is 453 g/mol. The maximum Gasteiger partial charge on any atom is 0.326 e. The predicted molar refractivity (Wildman–Crippen MR) is 132 cm³/mol. The van der Waals surface area contributed by atoms with Crippen LogP contribution in [-0.2, 0) is 9.53 Å². The van der Waals surface area contributed by atoms with Gasteiger partial charge in [-0.2, -0.15) is 0 Å². The average Bonchev–Trinajstić information content (AvgIpc) is 2.78. The van der Waals surface area contributed by atoms with Crippen LogP contribution in [-0.4, -0.2) is 63.3 Å². The zero-order valence-electron chi connectivity index (χ0n) is 20.6. The third kappa shape index (κ3) is 5.78. The van der Waals surface area contributed by atoms with Crippen molar-refractivity contribution in [1.29, 1.82) is 0 Å². The second kappa shape index (κ2) is 10.6. The Kier molecular flexibility index (Phi) is 7.84. The number of rotatable bonds is 6. The fourth-order valence-corrected chi connectivity index (χ4v) is 4.20. The van der Waals surface area contributed by atoms with Crippen LogP contribution in [0.4, 0.5) is 16.2 Å². The summed E-state index contributed by atoms with van der Waals surface area (Å²) in [5.41, 5.74) is 6.29. The van der Waals surface area contributed by atoms with Gasteiger partial charge in [0.25, 0.3) is 0 Å². The Labute approximate surface area is 196 Å². The lowest BCUT2D eigenvalue weighted by atomic mass is 10.1. The first-order valence-corrected chi connectivity index (χ1v) is 11.4. The molecule has 1 aliphatic heterocycles. The molecule has 0 unspecified atom stereocenters. The molecule has 2 aromatic carbocycles. The highest BCUT2D eigenvalue weighted by Crippen LogP contribution is 2.32. The summed E-state index contributed by atoms with van der Waals surface area (Å²) >= 11 is 0. The van der Waals surface area contributed by atoms with Crippen molar-refractivity contribution in [3.63, 3.8) is 0 Å². The van der Waals surface area contributed by atoms with Gasteiger partial charge in [0, 0.05) is 31.9 Å². The van der Waals surface area contributed by atoms with E-state index in [-0.39, 0.29) is 19.2 Å². The van der Waals surface area contributed by atoms with Crippen LogP contribution in [0.3, 0.4) is 0 Å². The molecule has 2 amide bonds. The van der Waals surface area contributed by atoms with E-state index in [1.165, 1.54) is 21.7 Å². The Morgan fingerprint density at radius 1 is 0.909 bits per heavy atom. The highest BCUT2D eigenvalue weighted by Gasteiger charge is 2.30. The largest absolute Gasteiger partial charge is 0.495 e. The number of urea groups is 1. The first-order chi connectivity index (χ1) is 15.7. The zero-order chi connectivity index (χ0) is 24.1. The van der Waals surface area contributed by atoms with E-state index in [2.05, 4.69) is 36.9 Å². The van der Waals surface area contributed by atoms with Crippen LogP contribution < -0.4 is 14.5 Å². The van der Waals surface area contributed by atoms with Crippen molar-refractivity contribution >= 4 is 23.4 Å². The number of benzene rings is 2. The number of carbonyl (C=O) groups excluding carboxylic acids is 2. The number of hydrogen-bond donors (Lipinski definition) is 0. The number of ether oxygens (including phenoxy) is 2. The lowest BCUT2D eigenvalue weighted by Crippen LogP contribution is -2.54. The zero-order valence-corrected chi connectivity index (χ0v) is 20.6. The van der Waals surface area contributed by atoms with Crippen molar-refractivity contribution in [3.05, 3.63) is 52.6 Å². The summed E-state index contributed by atoms with van der Waals surface area (Å²) in [6, 6.07) is 10.1. The van der Waals surface area contributed by atoms with Gasteiger partial charge in [0.1, 0.15) is 12.3 Å². The minimum Gasteiger partial charge on any atom is -0.495 e. The van der Waals surface area contributed by atoms with E-state index in [9.17, 15) is 9.59 Å². The molecule has 0 aromatic heterocycles. The van der Waals surface area contributed by atoms with Gasteiger partial charge >= 0.3 is 12.0 Å². The van der Waals surface area contributed by atoms with Crippen LogP contribution in [0.2, 0.25) is 0 Å². The number of esters is 1. The summed E-state index contributed by atoms with van der Waals surface area (Å²) in [6.07, 6.45) is 0. The van der Waals surface area contributed by atoms with Gasteiger partial charge in [0.15, 0.2) is 0 Å². The molecule has 1 saturated heterocycles. The highest BCUT2D eigenvalue weighted by atomic mass is 16.5. The van der Waals surface area contributed by atoms with Gasteiger partial charge in [-0.15, -0.1) is 0 Å². The van der Waals surface area contributed by atoms with E-state index in [1.807, 2.05) is 26.0 Å². The lowest BCUT2D eigenvalue weighted by molar-refractivity contribution is -0.141. The number of hydrogen-bond acceptors (Lipinski definition) is 5. The van der Waals surface area contributed by atoms with Gasteiger partial charge in [-0.05, 0) is 81.1 Å². The Hall–Kier alpha value is -3.22. The Bertz CT molecular complexity index is 993. The molecule has 1 aliphatic rings. The van der Waals surface area contributed by atoms with Gasteiger partial charge in [-0.25, -0.2) is 4.79 Å². The van der Waals surface area contributed by atoms with E-state index in [4.69, 9.17) is 9.47 Å². The molecule has 7 heteroatoms. The van der Waals surface area contributed by atoms with Crippen molar-refractivity contribution in [2.45, 2.75) is 34.6 Å². The quantitative estimate of drug-likeness (QED) is 0.612. The summed E-state index contributed by atoms with van der Waals surface area (Å²) in [7, 11) is 1.57. The number of aryl methyl sites for hydroxylation is 4. The number of anilines is 2. The molecule has 0 aliphatic carbocycles. The Morgan fingerprint density at radius 3 is 2.09 bits per heavy atom. The maximum atomic E-state index is 13.6. The Balaban J connectivity index is 1.82. The van der Waals surface area contributed by atoms with E-state index in [0.29, 0.717) is 24.5 Å². The number of carbonyl (C=O) groups is 2. The third-order valence-electron chi connectivity index (χ3n) is 6.03. The fourth-order valence-electron chi connectivity index (χ4n) is 4.20. The molecule has 3 rings (SSSR count).